The van der Waals surface area contributed by atoms with Gasteiger partial charge in [-0.05, 0) is 65.0 Å². The summed E-state index contributed by atoms with van der Waals surface area (Å²) < 4.78 is 14.2. The van der Waals surface area contributed by atoms with Crippen LogP contribution in [0, 0.1) is 6.92 Å². The van der Waals surface area contributed by atoms with Crippen molar-refractivity contribution in [3.05, 3.63) is 48.4 Å². The molecule has 1 aliphatic heterocycles. The second kappa shape index (κ2) is 9.43. The minimum absolute atomic E-state index is 0.00176. The van der Waals surface area contributed by atoms with E-state index in [1.807, 2.05) is 39.5 Å². The monoisotopic (exact) mass is 474 g/mol. The number of aromatic nitrogens is 4. The zero-order valence-electron chi connectivity index (χ0n) is 21.4. The Hall–Kier alpha value is -3.23. The average Bonchev–Trinajstić information content (AvgIpc) is 3.19. The lowest BCUT2D eigenvalue weighted by molar-refractivity contribution is -0.00573. The third kappa shape index (κ3) is 4.56. The number of aryl methyl sites for hydroxylation is 1. The zero-order chi connectivity index (χ0) is 24.7. The van der Waals surface area contributed by atoms with Gasteiger partial charge in [-0.2, -0.15) is 0 Å². The molecule has 1 unspecified atom stereocenters. The number of benzene rings is 1. The Morgan fingerprint density at radius 3 is 2.43 bits per heavy atom. The summed E-state index contributed by atoms with van der Waals surface area (Å²) in [5.74, 6) is 1.57. The van der Waals surface area contributed by atoms with Crippen LogP contribution in [0.5, 0.6) is 5.88 Å². The Balaban J connectivity index is 1.55. The maximum Gasteiger partial charge on any atom is 0.214 e. The maximum atomic E-state index is 6.02. The van der Waals surface area contributed by atoms with Gasteiger partial charge in [0.25, 0.3) is 0 Å². The third-order valence-corrected chi connectivity index (χ3v) is 6.58. The van der Waals surface area contributed by atoms with Gasteiger partial charge < -0.3 is 14.4 Å². The molecule has 1 aromatic carbocycles. The molecular formula is C27H34N6O2. The molecule has 4 heterocycles. The highest BCUT2D eigenvalue weighted by molar-refractivity contribution is 5.85. The van der Waals surface area contributed by atoms with Gasteiger partial charge in [-0.15, -0.1) is 0 Å². The van der Waals surface area contributed by atoms with Crippen molar-refractivity contribution in [2.75, 3.05) is 32.1 Å². The van der Waals surface area contributed by atoms with Gasteiger partial charge in [-0.25, -0.2) is 9.97 Å². The van der Waals surface area contributed by atoms with Crippen LogP contribution in [0.3, 0.4) is 0 Å². The molecule has 0 bridgehead atoms. The first-order chi connectivity index (χ1) is 16.8. The highest BCUT2D eigenvalue weighted by Crippen LogP contribution is 2.30. The van der Waals surface area contributed by atoms with E-state index < -0.39 is 0 Å². The van der Waals surface area contributed by atoms with Crippen LogP contribution in [0.1, 0.15) is 32.9 Å². The van der Waals surface area contributed by atoms with Crippen LogP contribution < -0.4 is 9.64 Å². The lowest BCUT2D eigenvalue weighted by Gasteiger charge is -2.35. The molecule has 35 heavy (non-hydrogen) atoms. The smallest absolute Gasteiger partial charge is 0.214 e. The summed E-state index contributed by atoms with van der Waals surface area (Å²) in [5, 5.41) is 0. The number of anilines is 1. The van der Waals surface area contributed by atoms with E-state index in [2.05, 4.69) is 64.2 Å². The fourth-order valence-corrected chi connectivity index (χ4v) is 4.90. The lowest BCUT2D eigenvalue weighted by Crippen LogP contribution is -2.46. The van der Waals surface area contributed by atoms with Crippen LogP contribution >= 0.6 is 0 Å². The van der Waals surface area contributed by atoms with E-state index in [1.165, 1.54) is 0 Å². The Morgan fingerprint density at radius 1 is 1.03 bits per heavy atom. The Labute approximate surface area is 206 Å². The number of nitrogens with zero attached hydrogens (tertiary/aromatic N) is 6. The molecule has 8 nitrogen and oxygen atoms in total. The van der Waals surface area contributed by atoms with Crippen molar-refractivity contribution in [1.29, 1.82) is 0 Å². The number of hydrogen-bond acceptors (Lipinski definition) is 7. The van der Waals surface area contributed by atoms with E-state index in [0.717, 1.165) is 58.8 Å². The van der Waals surface area contributed by atoms with E-state index in [0.29, 0.717) is 5.88 Å². The van der Waals surface area contributed by atoms with E-state index in [9.17, 15) is 0 Å². The predicted molar refractivity (Wildman–Crippen MR) is 139 cm³/mol. The molecule has 3 atom stereocenters. The number of rotatable bonds is 6. The molecule has 0 radical (unpaired) electrons. The van der Waals surface area contributed by atoms with E-state index >= 15 is 0 Å². The number of ether oxygens (including phenoxy) is 2. The summed E-state index contributed by atoms with van der Waals surface area (Å²) in [6.07, 6.45) is 4.99. The molecule has 1 saturated heterocycles. The minimum Gasteiger partial charge on any atom is -0.458 e. The third-order valence-electron chi connectivity index (χ3n) is 6.58. The van der Waals surface area contributed by atoms with Crippen molar-refractivity contribution < 1.29 is 9.47 Å². The molecule has 1 fully saturated rings. The Morgan fingerprint density at radius 2 is 1.77 bits per heavy atom. The van der Waals surface area contributed by atoms with Crippen molar-refractivity contribution in [2.24, 2.45) is 0 Å². The van der Waals surface area contributed by atoms with Crippen molar-refractivity contribution >= 4 is 22.5 Å². The van der Waals surface area contributed by atoms with Gasteiger partial charge >= 0.3 is 0 Å². The Bertz CT molecular complexity index is 1320. The summed E-state index contributed by atoms with van der Waals surface area (Å²) in [7, 11) is 4.02. The van der Waals surface area contributed by atoms with Crippen LogP contribution in [0.4, 0.5) is 5.95 Å². The highest BCUT2D eigenvalue weighted by Gasteiger charge is 2.26. The predicted octanol–water partition coefficient (Wildman–Crippen LogP) is 4.54. The molecule has 184 valence electrons. The number of imidazole rings is 1. The fourth-order valence-electron chi connectivity index (χ4n) is 4.90. The lowest BCUT2D eigenvalue weighted by atomic mass is 10.1. The van der Waals surface area contributed by atoms with Crippen molar-refractivity contribution in [3.8, 4) is 17.0 Å². The molecule has 0 spiro atoms. The van der Waals surface area contributed by atoms with Crippen LogP contribution in [-0.4, -0.2) is 69.9 Å². The second-order valence-electron chi connectivity index (χ2n) is 9.67. The fraction of sp³-hybridized carbons (Fsp3) is 0.444. The normalized spacial score (nSPS) is 19.6. The largest absolute Gasteiger partial charge is 0.458 e. The van der Waals surface area contributed by atoms with Gasteiger partial charge in [-0.3, -0.25) is 14.3 Å². The number of fused-ring (bicyclic) bond motifs is 3. The molecule has 0 aliphatic carbocycles. The van der Waals surface area contributed by atoms with Gasteiger partial charge in [0.15, 0.2) is 6.23 Å². The van der Waals surface area contributed by atoms with Crippen molar-refractivity contribution in [2.45, 2.75) is 52.6 Å². The molecule has 0 amide bonds. The highest BCUT2D eigenvalue weighted by atomic mass is 16.5. The van der Waals surface area contributed by atoms with Crippen LogP contribution in [0.15, 0.2) is 42.7 Å². The first-order valence-electron chi connectivity index (χ1n) is 12.3. The maximum absolute atomic E-state index is 6.02. The zero-order valence-corrected chi connectivity index (χ0v) is 21.4. The molecule has 1 aliphatic rings. The summed E-state index contributed by atoms with van der Waals surface area (Å²) in [6.45, 7) is 10.00. The molecule has 8 heteroatoms. The van der Waals surface area contributed by atoms with Crippen LogP contribution in [-0.2, 0) is 4.74 Å². The van der Waals surface area contributed by atoms with Crippen molar-refractivity contribution in [3.63, 3.8) is 0 Å². The number of hydrogen-bond donors (Lipinski definition) is 0. The van der Waals surface area contributed by atoms with Gasteiger partial charge in [0.1, 0.15) is 0 Å². The van der Waals surface area contributed by atoms with E-state index in [-0.39, 0.29) is 18.4 Å². The number of pyridine rings is 1. The second-order valence-corrected chi connectivity index (χ2v) is 9.67. The van der Waals surface area contributed by atoms with Crippen molar-refractivity contribution in [1.82, 2.24) is 24.3 Å². The molecule has 0 N–H and O–H groups in total. The van der Waals surface area contributed by atoms with E-state index in [1.54, 1.807) is 0 Å². The molecule has 0 saturated carbocycles. The SMILES string of the molecule is CCC(Oc1ccc(-c2ccc3ncc4c(C)nc(N5C[C@@H](C)O[C@H](C)C5)n4c3c2)cn1)N(C)C. The molecule has 3 aromatic heterocycles. The molecule has 4 aromatic rings. The van der Waals surface area contributed by atoms with E-state index in [4.69, 9.17) is 19.4 Å². The Kier molecular flexibility index (Phi) is 6.34. The molecule has 5 rings (SSSR count). The first kappa shape index (κ1) is 23.5. The topological polar surface area (TPSA) is 68.0 Å². The van der Waals surface area contributed by atoms with Gasteiger partial charge in [0.05, 0.1) is 40.6 Å². The molecular weight excluding hydrogens is 440 g/mol. The van der Waals surface area contributed by atoms with Crippen LogP contribution in [0.2, 0.25) is 0 Å². The average molecular weight is 475 g/mol. The summed E-state index contributed by atoms with van der Waals surface area (Å²) in [5.41, 5.74) is 6.06. The summed E-state index contributed by atoms with van der Waals surface area (Å²) in [6, 6.07) is 10.3. The van der Waals surface area contributed by atoms with Crippen LogP contribution in [0.25, 0.3) is 27.7 Å². The minimum atomic E-state index is 0.00176. The number of morpholine rings is 1. The van der Waals surface area contributed by atoms with Gasteiger partial charge in [-0.1, -0.05) is 13.0 Å². The van der Waals surface area contributed by atoms with Gasteiger partial charge in [0, 0.05) is 30.9 Å². The standard InChI is InChI=1S/C27H34N6O2/c1-7-26(31(5)6)35-25-11-9-21(13-29-25)20-8-10-22-23(12-20)33-24(14-28-22)19(4)30-27(33)32-15-17(2)34-18(3)16-32/h8-14,17-18,26H,7,15-16H2,1-6H3/t17-,18-,26?/m1/s1. The summed E-state index contributed by atoms with van der Waals surface area (Å²) in [4.78, 5) is 18.6. The quantitative estimate of drug-likeness (QED) is 0.380. The first-order valence-corrected chi connectivity index (χ1v) is 12.3. The summed E-state index contributed by atoms with van der Waals surface area (Å²) >= 11 is 0. The van der Waals surface area contributed by atoms with Gasteiger partial charge in [0.2, 0.25) is 11.8 Å².